The standard InChI is InChI=1S/C14H20O10/c1-5(15)9(19)10-12(21,6(2)16)14(23,8(4)18)13(22,7(3)17)11(20)24-10/h5,10-11,15,20-23H,1-4H3/t5?,10-,11?,12+,13+,14+/m1/s1. The van der Waals surface area contributed by atoms with Crippen LogP contribution >= 0.6 is 0 Å². The van der Waals surface area contributed by atoms with Crippen LogP contribution in [-0.4, -0.2) is 84.0 Å². The second-order valence-electron chi connectivity index (χ2n) is 5.86. The normalized spacial score (nSPS) is 40.7. The van der Waals surface area contributed by atoms with Crippen LogP contribution in [0.5, 0.6) is 0 Å². The first-order chi connectivity index (χ1) is 10.7. The molecule has 0 bridgehead atoms. The maximum absolute atomic E-state index is 12.1. The Balaban J connectivity index is 3.86. The molecule has 0 saturated carbocycles. The van der Waals surface area contributed by atoms with E-state index in [1.54, 1.807) is 0 Å². The third-order valence-electron chi connectivity index (χ3n) is 4.36. The molecule has 1 fully saturated rings. The largest absolute Gasteiger partial charge is 0.386 e. The van der Waals surface area contributed by atoms with E-state index in [0.29, 0.717) is 20.8 Å². The highest BCUT2D eigenvalue weighted by Crippen LogP contribution is 2.46. The van der Waals surface area contributed by atoms with Gasteiger partial charge in [-0.15, -0.1) is 0 Å². The van der Waals surface area contributed by atoms with Crippen molar-refractivity contribution >= 4 is 23.1 Å². The summed E-state index contributed by atoms with van der Waals surface area (Å²) >= 11 is 0. The maximum Gasteiger partial charge on any atom is 0.213 e. The summed E-state index contributed by atoms with van der Waals surface area (Å²) in [5, 5.41) is 51.2. The molecule has 0 aromatic carbocycles. The van der Waals surface area contributed by atoms with E-state index in [0.717, 1.165) is 6.92 Å². The van der Waals surface area contributed by atoms with Crippen molar-refractivity contribution < 1.29 is 49.4 Å². The van der Waals surface area contributed by atoms with Crippen LogP contribution in [-0.2, 0) is 23.9 Å². The van der Waals surface area contributed by atoms with Gasteiger partial charge in [0, 0.05) is 0 Å². The van der Waals surface area contributed by atoms with Gasteiger partial charge in [0.25, 0.3) is 0 Å². The van der Waals surface area contributed by atoms with Crippen LogP contribution in [0.25, 0.3) is 0 Å². The number of ether oxygens (including phenoxy) is 1. The third kappa shape index (κ3) is 2.26. The lowest BCUT2D eigenvalue weighted by Crippen LogP contribution is -2.86. The summed E-state index contributed by atoms with van der Waals surface area (Å²) in [6.45, 7) is 2.96. The number of carbonyl (C=O) groups is 4. The van der Waals surface area contributed by atoms with Crippen LogP contribution in [0.4, 0.5) is 0 Å². The van der Waals surface area contributed by atoms with Crippen LogP contribution in [0.2, 0.25) is 0 Å². The van der Waals surface area contributed by atoms with Crippen molar-refractivity contribution in [2.75, 3.05) is 0 Å². The first-order valence-electron chi connectivity index (χ1n) is 6.96. The van der Waals surface area contributed by atoms with Gasteiger partial charge in [0.2, 0.25) is 11.2 Å². The third-order valence-corrected chi connectivity index (χ3v) is 4.36. The Morgan fingerprint density at radius 1 is 0.917 bits per heavy atom. The molecule has 0 spiro atoms. The average molecular weight is 348 g/mol. The summed E-state index contributed by atoms with van der Waals surface area (Å²) in [4.78, 5) is 47.9. The van der Waals surface area contributed by atoms with Crippen LogP contribution in [0.3, 0.4) is 0 Å². The monoisotopic (exact) mass is 348 g/mol. The predicted molar refractivity (Wildman–Crippen MR) is 74.5 cm³/mol. The van der Waals surface area contributed by atoms with Gasteiger partial charge in [0.05, 0.1) is 0 Å². The molecule has 10 nitrogen and oxygen atoms in total. The quantitative estimate of drug-likeness (QED) is 0.336. The molecule has 1 aliphatic heterocycles. The van der Waals surface area contributed by atoms with Gasteiger partial charge in [-0.05, 0) is 27.7 Å². The smallest absolute Gasteiger partial charge is 0.213 e. The summed E-state index contributed by atoms with van der Waals surface area (Å²) < 4.78 is 4.70. The van der Waals surface area contributed by atoms with E-state index in [-0.39, 0.29) is 0 Å². The minimum atomic E-state index is -3.59. The lowest BCUT2D eigenvalue weighted by atomic mass is 9.60. The summed E-state index contributed by atoms with van der Waals surface area (Å²) in [5.41, 5.74) is -10.4. The molecule has 0 aromatic rings. The van der Waals surface area contributed by atoms with Crippen molar-refractivity contribution in [3.63, 3.8) is 0 Å². The van der Waals surface area contributed by atoms with Gasteiger partial charge in [-0.2, -0.15) is 0 Å². The molecule has 1 heterocycles. The maximum atomic E-state index is 12.1. The number of hydrogen-bond acceptors (Lipinski definition) is 10. The van der Waals surface area contributed by atoms with Gasteiger partial charge in [-0.3, -0.25) is 19.2 Å². The lowest BCUT2D eigenvalue weighted by Gasteiger charge is -2.56. The fourth-order valence-corrected chi connectivity index (χ4v) is 2.88. The van der Waals surface area contributed by atoms with Crippen molar-refractivity contribution in [1.82, 2.24) is 0 Å². The lowest BCUT2D eigenvalue weighted by molar-refractivity contribution is -0.350. The highest BCUT2D eigenvalue weighted by Gasteiger charge is 2.79. The second-order valence-corrected chi connectivity index (χ2v) is 5.86. The summed E-state index contributed by atoms with van der Waals surface area (Å²) in [6.07, 6.45) is -6.84. The van der Waals surface area contributed by atoms with Crippen LogP contribution < -0.4 is 0 Å². The van der Waals surface area contributed by atoms with Crippen molar-refractivity contribution in [3.05, 3.63) is 0 Å². The van der Waals surface area contributed by atoms with Gasteiger partial charge >= 0.3 is 0 Å². The number of aliphatic hydroxyl groups is 5. The fourth-order valence-electron chi connectivity index (χ4n) is 2.88. The molecule has 1 rings (SSSR count). The van der Waals surface area contributed by atoms with E-state index in [9.17, 15) is 44.7 Å². The zero-order valence-electron chi connectivity index (χ0n) is 13.5. The first kappa shape index (κ1) is 20.5. The average Bonchev–Trinajstić information content (AvgIpc) is 2.46. The van der Waals surface area contributed by atoms with E-state index in [4.69, 9.17) is 4.74 Å². The molecule has 10 heteroatoms. The van der Waals surface area contributed by atoms with E-state index in [1.165, 1.54) is 0 Å². The molecule has 0 aliphatic carbocycles. The van der Waals surface area contributed by atoms with E-state index in [1.807, 2.05) is 0 Å². The van der Waals surface area contributed by atoms with Gasteiger partial charge in [-0.25, -0.2) is 0 Å². The summed E-state index contributed by atoms with van der Waals surface area (Å²) in [7, 11) is 0. The Kier molecular flexibility index (Phi) is 5.17. The molecule has 1 saturated heterocycles. The SMILES string of the molecule is CC(=O)[C@@]1(O)[C@](O)(C(C)=O)C(O)O[C@H](C(=O)C(C)O)[C@@]1(O)C(C)=O. The van der Waals surface area contributed by atoms with Crippen LogP contribution in [0.15, 0.2) is 0 Å². The fraction of sp³-hybridized carbons (Fsp3) is 0.714. The van der Waals surface area contributed by atoms with Gasteiger partial charge < -0.3 is 30.3 Å². The van der Waals surface area contributed by atoms with Gasteiger partial charge in [0.15, 0.2) is 41.1 Å². The van der Waals surface area contributed by atoms with Crippen molar-refractivity contribution in [2.45, 2.75) is 63.0 Å². The highest BCUT2D eigenvalue weighted by molar-refractivity contribution is 6.08. The minimum Gasteiger partial charge on any atom is -0.386 e. The number of Topliss-reactive ketones (excluding diaryl/α,β-unsaturated/α-hetero) is 4. The zero-order chi connectivity index (χ0) is 19.2. The van der Waals surface area contributed by atoms with E-state index >= 15 is 0 Å². The molecule has 6 atom stereocenters. The Labute approximate surface area is 136 Å². The predicted octanol–water partition coefficient (Wildman–Crippen LogP) is -3.39. The van der Waals surface area contributed by atoms with Crippen LogP contribution in [0, 0.1) is 0 Å². The molecule has 0 aromatic heterocycles. The molecular formula is C14H20O10. The van der Waals surface area contributed by atoms with Gasteiger partial charge in [0.1, 0.15) is 6.10 Å². The summed E-state index contributed by atoms with van der Waals surface area (Å²) in [6, 6.07) is 0. The molecule has 136 valence electrons. The summed E-state index contributed by atoms with van der Waals surface area (Å²) in [5.74, 6) is -5.61. The minimum absolute atomic E-state index is 0.643. The molecule has 0 radical (unpaired) electrons. The molecular weight excluding hydrogens is 328 g/mol. The Bertz CT molecular complexity index is 598. The number of rotatable bonds is 5. The molecule has 2 unspecified atom stereocenters. The number of carbonyl (C=O) groups excluding carboxylic acids is 4. The van der Waals surface area contributed by atoms with Gasteiger partial charge in [-0.1, -0.05) is 0 Å². The molecule has 5 N–H and O–H groups in total. The van der Waals surface area contributed by atoms with Crippen molar-refractivity contribution in [2.24, 2.45) is 0 Å². The number of hydrogen-bond donors (Lipinski definition) is 5. The number of aliphatic hydroxyl groups excluding tert-OH is 2. The highest BCUT2D eigenvalue weighted by atomic mass is 16.6. The van der Waals surface area contributed by atoms with Crippen molar-refractivity contribution in [3.8, 4) is 0 Å². The molecule has 0 amide bonds. The van der Waals surface area contributed by atoms with E-state index < -0.39 is 58.4 Å². The van der Waals surface area contributed by atoms with E-state index in [2.05, 4.69) is 0 Å². The molecule has 24 heavy (non-hydrogen) atoms. The zero-order valence-corrected chi connectivity index (χ0v) is 13.5. The van der Waals surface area contributed by atoms with Crippen molar-refractivity contribution in [1.29, 1.82) is 0 Å². The Morgan fingerprint density at radius 2 is 1.33 bits per heavy atom. The van der Waals surface area contributed by atoms with Crippen LogP contribution in [0.1, 0.15) is 27.7 Å². The topological polar surface area (TPSA) is 179 Å². The Hall–Kier alpha value is -1.56. The molecule has 1 aliphatic rings. The number of ketones is 4. The Morgan fingerprint density at radius 3 is 1.62 bits per heavy atom. The second kappa shape index (κ2) is 6.06. The first-order valence-corrected chi connectivity index (χ1v) is 6.96.